The van der Waals surface area contributed by atoms with Crippen molar-refractivity contribution in [1.29, 1.82) is 0 Å². The largest absolute Gasteiger partial charge is 0.383 e. The first-order valence-electron chi connectivity index (χ1n) is 7.37. The van der Waals surface area contributed by atoms with Gasteiger partial charge < -0.3 is 10.6 Å². The normalized spacial score (nSPS) is 17.6. The number of nitrogens with one attached hydrogen (secondary N) is 2. The third-order valence-corrected chi connectivity index (χ3v) is 4.28. The molecule has 0 unspecified atom stereocenters. The monoisotopic (exact) mass is 289 g/mol. The van der Waals surface area contributed by atoms with Gasteiger partial charge in [0.05, 0.1) is 4.92 Å². The van der Waals surface area contributed by atoms with Gasteiger partial charge in [0, 0.05) is 24.7 Å². The lowest BCUT2D eigenvalue weighted by Gasteiger charge is -2.17. The van der Waals surface area contributed by atoms with Crippen LogP contribution in [-0.4, -0.2) is 23.9 Å². The van der Waals surface area contributed by atoms with Crippen molar-refractivity contribution < 1.29 is 9.72 Å². The number of carbonyl (C=O) groups excluding carboxylic acids is 1. The lowest BCUT2D eigenvalue weighted by Crippen LogP contribution is -2.38. The van der Waals surface area contributed by atoms with Crippen LogP contribution in [0.2, 0.25) is 0 Å². The fourth-order valence-electron chi connectivity index (χ4n) is 2.80. The molecule has 0 saturated heterocycles. The number of nitro groups is 1. The Morgan fingerprint density at radius 1 is 1.29 bits per heavy atom. The molecule has 0 aromatic heterocycles. The van der Waals surface area contributed by atoms with E-state index in [9.17, 15) is 14.9 Å². The van der Waals surface area contributed by atoms with E-state index in [1.807, 2.05) is 0 Å². The molecule has 2 aliphatic rings. The van der Waals surface area contributed by atoms with Gasteiger partial charge in [-0.15, -0.1) is 0 Å². The SMILES string of the molecule is CNc1ccc(C(=O)NC(C2CC2)C2CC2)cc1[N+](=O)[O-]. The van der Waals surface area contributed by atoms with Crippen molar-refractivity contribution in [3.8, 4) is 0 Å². The Hall–Kier alpha value is -2.11. The van der Waals surface area contributed by atoms with Crippen LogP contribution in [0.4, 0.5) is 11.4 Å². The van der Waals surface area contributed by atoms with Gasteiger partial charge in [-0.05, 0) is 49.7 Å². The molecule has 0 bridgehead atoms. The number of amides is 1. The maximum atomic E-state index is 12.3. The van der Waals surface area contributed by atoms with Crippen LogP contribution in [0.15, 0.2) is 18.2 Å². The smallest absolute Gasteiger partial charge is 0.293 e. The van der Waals surface area contributed by atoms with Gasteiger partial charge in [-0.1, -0.05) is 0 Å². The molecule has 1 aromatic rings. The maximum Gasteiger partial charge on any atom is 0.293 e. The number of rotatable bonds is 6. The molecule has 6 nitrogen and oxygen atoms in total. The van der Waals surface area contributed by atoms with Gasteiger partial charge in [0.1, 0.15) is 5.69 Å². The van der Waals surface area contributed by atoms with Crippen LogP contribution in [0.25, 0.3) is 0 Å². The zero-order valence-electron chi connectivity index (χ0n) is 12.0. The van der Waals surface area contributed by atoms with Crippen molar-refractivity contribution in [3.05, 3.63) is 33.9 Å². The highest BCUT2D eigenvalue weighted by molar-refractivity contribution is 5.96. The highest BCUT2D eigenvalue weighted by atomic mass is 16.6. The minimum absolute atomic E-state index is 0.0699. The molecule has 1 amide bonds. The van der Waals surface area contributed by atoms with Gasteiger partial charge >= 0.3 is 0 Å². The lowest BCUT2D eigenvalue weighted by atomic mass is 10.1. The Labute approximate surface area is 123 Å². The Morgan fingerprint density at radius 3 is 2.38 bits per heavy atom. The summed E-state index contributed by atoms with van der Waals surface area (Å²) in [5.74, 6) is 1.01. The number of carbonyl (C=O) groups is 1. The minimum Gasteiger partial charge on any atom is -0.383 e. The molecule has 2 saturated carbocycles. The first-order valence-corrected chi connectivity index (χ1v) is 7.37. The predicted molar refractivity (Wildman–Crippen MR) is 79.3 cm³/mol. The molecular formula is C15H19N3O3. The number of nitro benzene ring substituents is 1. The van der Waals surface area contributed by atoms with E-state index in [2.05, 4.69) is 10.6 Å². The summed E-state index contributed by atoms with van der Waals surface area (Å²) in [6, 6.07) is 4.81. The average molecular weight is 289 g/mol. The zero-order valence-corrected chi connectivity index (χ0v) is 12.0. The zero-order chi connectivity index (χ0) is 15.0. The maximum absolute atomic E-state index is 12.3. The minimum atomic E-state index is -0.470. The Kier molecular flexibility index (Phi) is 3.53. The second-order valence-corrected chi connectivity index (χ2v) is 5.91. The Bertz CT molecular complexity index is 568. The van der Waals surface area contributed by atoms with Crippen LogP contribution in [-0.2, 0) is 0 Å². The molecule has 2 aliphatic carbocycles. The van der Waals surface area contributed by atoms with Crippen molar-refractivity contribution >= 4 is 17.3 Å². The second-order valence-electron chi connectivity index (χ2n) is 5.91. The van der Waals surface area contributed by atoms with E-state index in [4.69, 9.17) is 0 Å². The van der Waals surface area contributed by atoms with Crippen molar-refractivity contribution in [2.45, 2.75) is 31.7 Å². The molecule has 0 heterocycles. The molecule has 3 rings (SSSR count). The fourth-order valence-corrected chi connectivity index (χ4v) is 2.80. The summed E-state index contributed by atoms with van der Waals surface area (Å²) in [6.45, 7) is 0. The number of hydrogen-bond acceptors (Lipinski definition) is 4. The van der Waals surface area contributed by atoms with Crippen LogP contribution in [0.1, 0.15) is 36.0 Å². The summed E-state index contributed by atoms with van der Waals surface area (Å²) in [6.07, 6.45) is 4.72. The van der Waals surface area contributed by atoms with Crippen LogP contribution >= 0.6 is 0 Å². The van der Waals surface area contributed by atoms with E-state index in [1.165, 1.54) is 31.7 Å². The van der Waals surface area contributed by atoms with Gasteiger partial charge in [0.15, 0.2) is 0 Å². The van der Waals surface area contributed by atoms with Crippen LogP contribution in [0.5, 0.6) is 0 Å². The molecule has 1 aromatic carbocycles. The number of nitrogens with zero attached hydrogens (tertiary/aromatic N) is 1. The lowest BCUT2D eigenvalue weighted by molar-refractivity contribution is -0.384. The van der Waals surface area contributed by atoms with E-state index in [0.717, 1.165) is 0 Å². The molecule has 21 heavy (non-hydrogen) atoms. The molecule has 112 valence electrons. The average Bonchev–Trinajstić information content (AvgIpc) is 3.37. The standard InChI is InChI=1S/C15H19N3O3/c1-16-12-7-6-11(8-13(12)18(20)21)15(19)17-14(9-2-3-9)10-4-5-10/h6-10,14,16H,2-5H2,1H3,(H,17,19). The first-order chi connectivity index (χ1) is 10.1. The Balaban J connectivity index is 1.77. The Morgan fingerprint density at radius 2 is 1.90 bits per heavy atom. The van der Waals surface area contributed by atoms with Gasteiger partial charge in [-0.3, -0.25) is 14.9 Å². The van der Waals surface area contributed by atoms with Crippen molar-refractivity contribution in [2.75, 3.05) is 12.4 Å². The summed E-state index contributed by atoms with van der Waals surface area (Å²) < 4.78 is 0. The van der Waals surface area contributed by atoms with E-state index in [1.54, 1.807) is 19.2 Å². The summed E-state index contributed by atoms with van der Waals surface area (Å²) in [5, 5.41) is 16.9. The van der Waals surface area contributed by atoms with Crippen molar-refractivity contribution in [1.82, 2.24) is 5.32 Å². The van der Waals surface area contributed by atoms with Gasteiger partial charge in [0.25, 0.3) is 11.6 Å². The highest BCUT2D eigenvalue weighted by Gasteiger charge is 2.42. The molecule has 0 radical (unpaired) electrons. The highest BCUT2D eigenvalue weighted by Crippen LogP contribution is 2.44. The van der Waals surface area contributed by atoms with Gasteiger partial charge in [0.2, 0.25) is 0 Å². The topological polar surface area (TPSA) is 84.3 Å². The summed E-state index contributed by atoms with van der Waals surface area (Å²) in [5.41, 5.74) is 0.698. The third-order valence-electron chi connectivity index (χ3n) is 4.28. The van der Waals surface area contributed by atoms with Crippen LogP contribution in [0.3, 0.4) is 0 Å². The molecule has 0 aliphatic heterocycles. The quantitative estimate of drug-likeness (QED) is 0.622. The third kappa shape index (κ3) is 2.99. The molecule has 2 N–H and O–H groups in total. The van der Waals surface area contributed by atoms with Crippen LogP contribution in [0, 0.1) is 22.0 Å². The fraction of sp³-hybridized carbons (Fsp3) is 0.533. The number of benzene rings is 1. The second kappa shape index (κ2) is 5.35. The summed E-state index contributed by atoms with van der Waals surface area (Å²) in [7, 11) is 1.62. The summed E-state index contributed by atoms with van der Waals surface area (Å²) in [4.78, 5) is 22.9. The molecule has 0 spiro atoms. The summed E-state index contributed by atoms with van der Waals surface area (Å²) >= 11 is 0. The van der Waals surface area contributed by atoms with E-state index < -0.39 is 4.92 Å². The van der Waals surface area contributed by atoms with Crippen LogP contribution < -0.4 is 10.6 Å². The molecule has 0 atom stereocenters. The van der Waals surface area contributed by atoms with Crippen molar-refractivity contribution in [3.63, 3.8) is 0 Å². The van der Waals surface area contributed by atoms with Gasteiger partial charge in [-0.2, -0.15) is 0 Å². The number of hydrogen-bond donors (Lipinski definition) is 2. The van der Waals surface area contributed by atoms with Crippen molar-refractivity contribution in [2.24, 2.45) is 11.8 Å². The first kappa shape index (κ1) is 13.9. The molecule has 2 fully saturated rings. The molecular weight excluding hydrogens is 270 g/mol. The van der Waals surface area contributed by atoms with E-state index in [-0.39, 0.29) is 17.6 Å². The predicted octanol–water partition coefficient (Wildman–Crippen LogP) is 2.55. The molecule has 6 heteroatoms. The van der Waals surface area contributed by atoms with Gasteiger partial charge in [-0.25, -0.2) is 0 Å². The van der Waals surface area contributed by atoms with E-state index >= 15 is 0 Å². The van der Waals surface area contributed by atoms with E-state index in [0.29, 0.717) is 23.1 Å². The number of anilines is 1.